The van der Waals surface area contributed by atoms with Crippen LogP contribution in [-0.4, -0.2) is 39.2 Å². The molecule has 0 atom stereocenters. The predicted molar refractivity (Wildman–Crippen MR) is 119 cm³/mol. The van der Waals surface area contributed by atoms with Gasteiger partial charge in [0.05, 0.1) is 15.4 Å². The Hall–Kier alpha value is -3.78. The maximum absolute atomic E-state index is 13.0. The molecule has 1 amide bonds. The minimum atomic E-state index is -3.98. The highest BCUT2D eigenvalue weighted by atomic mass is 32.2. The van der Waals surface area contributed by atoms with Crippen molar-refractivity contribution in [3.63, 3.8) is 0 Å². The molecule has 7 nitrogen and oxygen atoms in total. The predicted octanol–water partition coefficient (Wildman–Crippen LogP) is 3.20. The molecular formula is C25H19NO6S. The highest BCUT2D eigenvalue weighted by Gasteiger charge is 2.35. The van der Waals surface area contributed by atoms with Crippen LogP contribution < -0.4 is 4.90 Å². The van der Waals surface area contributed by atoms with Crippen molar-refractivity contribution in [3.8, 4) is 0 Å². The smallest absolute Gasteiger partial charge is 0.338 e. The lowest BCUT2D eigenvalue weighted by Crippen LogP contribution is -2.38. The van der Waals surface area contributed by atoms with Crippen molar-refractivity contribution in [1.29, 1.82) is 0 Å². The highest BCUT2D eigenvalue weighted by Crippen LogP contribution is 2.35. The first-order valence-corrected chi connectivity index (χ1v) is 11.9. The van der Waals surface area contributed by atoms with Gasteiger partial charge in [-0.2, -0.15) is 0 Å². The largest absolute Gasteiger partial charge is 0.452 e. The molecule has 3 aromatic carbocycles. The average molecular weight is 461 g/mol. The van der Waals surface area contributed by atoms with E-state index in [1.807, 2.05) is 24.3 Å². The molecular weight excluding hydrogens is 442 g/mol. The summed E-state index contributed by atoms with van der Waals surface area (Å²) in [7, 11) is -3.98. The van der Waals surface area contributed by atoms with E-state index >= 15 is 0 Å². The van der Waals surface area contributed by atoms with Crippen molar-refractivity contribution in [2.45, 2.75) is 22.6 Å². The summed E-state index contributed by atoms with van der Waals surface area (Å²) >= 11 is 0. The number of benzene rings is 3. The van der Waals surface area contributed by atoms with Gasteiger partial charge in [-0.1, -0.05) is 30.3 Å². The number of nitrogens with zero attached hydrogens (tertiary/aromatic N) is 1. The zero-order chi connectivity index (χ0) is 23.2. The molecule has 0 spiro atoms. The van der Waals surface area contributed by atoms with Crippen LogP contribution in [0.1, 0.15) is 38.3 Å². The summed E-state index contributed by atoms with van der Waals surface area (Å²) in [6.45, 7) is 0.0603. The number of hydrogen-bond donors (Lipinski definition) is 0. The van der Waals surface area contributed by atoms with E-state index in [-0.39, 0.29) is 32.4 Å². The van der Waals surface area contributed by atoms with E-state index in [1.54, 1.807) is 11.0 Å². The monoisotopic (exact) mass is 461 g/mol. The van der Waals surface area contributed by atoms with Crippen molar-refractivity contribution in [1.82, 2.24) is 0 Å². The van der Waals surface area contributed by atoms with Crippen LogP contribution in [0.3, 0.4) is 0 Å². The maximum atomic E-state index is 13.0. The molecule has 0 saturated heterocycles. The average Bonchev–Trinajstić information content (AvgIpc) is 2.85. The second kappa shape index (κ2) is 7.97. The zero-order valence-corrected chi connectivity index (χ0v) is 18.3. The minimum Gasteiger partial charge on any atom is -0.452 e. The third-order valence-electron chi connectivity index (χ3n) is 5.91. The van der Waals surface area contributed by atoms with Crippen LogP contribution in [0.2, 0.25) is 0 Å². The molecule has 33 heavy (non-hydrogen) atoms. The van der Waals surface area contributed by atoms with Crippen molar-refractivity contribution in [2.24, 2.45) is 0 Å². The minimum absolute atomic E-state index is 0.00579. The second-order valence-corrected chi connectivity index (χ2v) is 9.78. The number of sulfone groups is 1. The lowest BCUT2D eigenvalue weighted by atomic mass is 10.0. The SMILES string of the molecule is O=C(OCC(=O)N1CCCc2ccccc21)c1ccc2c(c1)S(=O)(=O)c1ccccc1C2=O. The summed E-state index contributed by atoms with van der Waals surface area (Å²) in [6, 6.07) is 17.3. The van der Waals surface area contributed by atoms with E-state index in [1.165, 1.54) is 30.3 Å². The third kappa shape index (κ3) is 3.52. The molecule has 0 aliphatic carbocycles. The number of ketones is 1. The van der Waals surface area contributed by atoms with Crippen LogP contribution >= 0.6 is 0 Å². The normalized spacial score (nSPS) is 15.8. The number of amides is 1. The Morgan fingerprint density at radius 2 is 1.64 bits per heavy atom. The molecule has 166 valence electrons. The van der Waals surface area contributed by atoms with E-state index in [0.29, 0.717) is 6.54 Å². The molecule has 0 unspecified atom stereocenters. The number of carbonyl (C=O) groups is 3. The van der Waals surface area contributed by atoms with Gasteiger partial charge in [-0.05, 0) is 54.8 Å². The molecule has 2 aliphatic rings. The number of aryl methyl sites for hydroxylation is 1. The number of fused-ring (bicyclic) bond motifs is 3. The Morgan fingerprint density at radius 1 is 0.909 bits per heavy atom. The molecule has 0 aromatic heterocycles. The van der Waals surface area contributed by atoms with Gasteiger partial charge < -0.3 is 9.64 Å². The van der Waals surface area contributed by atoms with Crippen LogP contribution in [0.5, 0.6) is 0 Å². The first kappa shape index (κ1) is 21.1. The van der Waals surface area contributed by atoms with Gasteiger partial charge in [0.2, 0.25) is 9.84 Å². The summed E-state index contributed by atoms with van der Waals surface area (Å²) in [6.07, 6.45) is 1.69. The van der Waals surface area contributed by atoms with Crippen molar-refractivity contribution in [3.05, 3.63) is 89.0 Å². The lowest BCUT2D eigenvalue weighted by Gasteiger charge is -2.29. The van der Waals surface area contributed by atoms with Crippen LogP contribution in [0.25, 0.3) is 0 Å². The number of anilines is 1. The lowest BCUT2D eigenvalue weighted by molar-refractivity contribution is -0.121. The van der Waals surface area contributed by atoms with Crippen molar-refractivity contribution >= 4 is 33.2 Å². The summed E-state index contributed by atoms with van der Waals surface area (Å²) in [4.78, 5) is 39.4. The summed E-state index contributed by atoms with van der Waals surface area (Å²) in [5.74, 6) is -1.61. The number of esters is 1. The first-order valence-electron chi connectivity index (χ1n) is 10.5. The Bertz CT molecular complexity index is 1430. The molecule has 8 heteroatoms. The molecule has 0 N–H and O–H groups in total. The van der Waals surface area contributed by atoms with E-state index in [9.17, 15) is 22.8 Å². The summed E-state index contributed by atoms with van der Waals surface area (Å²) in [5, 5.41) is 0. The molecule has 0 bridgehead atoms. The Morgan fingerprint density at radius 3 is 2.48 bits per heavy atom. The van der Waals surface area contributed by atoms with Crippen LogP contribution in [0, 0.1) is 0 Å². The van der Waals surface area contributed by atoms with Crippen LogP contribution in [-0.2, 0) is 25.8 Å². The fourth-order valence-corrected chi connectivity index (χ4v) is 5.97. The fourth-order valence-electron chi connectivity index (χ4n) is 4.29. The third-order valence-corrected chi connectivity index (χ3v) is 7.76. The molecule has 0 fully saturated rings. The second-order valence-electron chi connectivity index (χ2n) is 7.89. The maximum Gasteiger partial charge on any atom is 0.338 e. The van der Waals surface area contributed by atoms with E-state index in [4.69, 9.17) is 4.74 Å². The molecule has 5 rings (SSSR count). The number of carbonyl (C=O) groups excluding carboxylic acids is 3. The van der Waals surface area contributed by atoms with Gasteiger partial charge in [-0.3, -0.25) is 9.59 Å². The Labute approximate surface area is 190 Å². The first-order chi connectivity index (χ1) is 15.9. The number of rotatable bonds is 3. The van der Waals surface area contributed by atoms with Gasteiger partial charge in [0.15, 0.2) is 12.4 Å². The van der Waals surface area contributed by atoms with Gasteiger partial charge in [0.1, 0.15) is 0 Å². The van der Waals surface area contributed by atoms with Crippen LogP contribution in [0.15, 0.2) is 76.5 Å². The fraction of sp³-hybridized carbons (Fsp3) is 0.160. The standard InChI is InChI=1S/C25H19NO6S/c27-23(26-13-5-7-16-6-1-3-9-20(16)26)15-32-25(29)17-11-12-19-22(14-17)33(30,31)21-10-4-2-8-18(21)24(19)28/h1-4,6,8-12,14H,5,7,13,15H2. The highest BCUT2D eigenvalue weighted by molar-refractivity contribution is 7.91. The van der Waals surface area contributed by atoms with Gasteiger partial charge in [0.25, 0.3) is 5.91 Å². The van der Waals surface area contributed by atoms with Crippen molar-refractivity contribution < 1.29 is 27.5 Å². The van der Waals surface area contributed by atoms with Gasteiger partial charge >= 0.3 is 5.97 Å². The quantitative estimate of drug-likeness (QED) is 0.435. The molecule has 0 radical (unpaired) electrons. The zero-order valence-electron chi connectivity index (χ0n) is 17.5. The van der Waals surface area contributed by atoms with E-state index in [0.717, 1.165) is 30.2 Å². The molecule has 2 heterocycles. The number of hydrogen-bond acceptors (Lipinski definition) is 6. The number of ether oxygens (including phenoxy) is 1. The van der Waals surface area contributed by atoms with Gasteiger partial charge in [-0.25, -0.2) is 13.2 Å². The molecule has 2 aliphatic heterocycles. The molecule has 0 saturated carbocycles. The van der Waals surface area contributed by atoms with Gasteiger partial charge in [0, 0.05) is 23.4 Å². The van der Waals surface area contributed by atoms with Crippen molar-refractivity contribution in [2.75, 3.05) is 18.1 Å². The summed E-state index contributed by atoms with van der Waals surface area (Å²) < 4.78 is 31.3. The number of para-hydroxylation sites is 1. The summed E-state index contributed by atoms with van der Waals surface area (Å²) in [5.41, 5.74) is 1.94. The Kier molecular flexibility index (Phi) is 5.09. The van der Waals surface area contributed by atoms with Gasteiger partial charge in [-0.15, -0.1) is 0 Å². The molecule has 3 aromatic rings. The Balaban J connectivity index is 1.37. The van der Waals surface area contributed by atoms with E-state index < -0.39 is 28.2 Å². The van der Waals surface area contributed by atoms with Crippen LogP contribution in [0.4, 0.5) is 5.69 Å². The van der Waals surface area contributed by atoms with E-state index in [2.05, 4.69) is 0 Å². The topological polar surface area (TPSA) is 97.8 Å².